The van der Waals surface area contributed by atoms with Gasteiger partial charge in [-0.05, 0) is 12.8 Å². The van der Waals surface area contributed by atoms with E-state index in [1.807, 2.05) is 0 Å². The summed E-state index contributed by atoms with van der Waals surface area (Å²) in [7, 11) is 0. The van der Waals surface area contributed by atoms with E-state index < -0.39 is 0 Å². The summed E-state index contributed by atoms with van der Waals surface area (Å²) >= 11 is 0. The fraction of sp³-hybridized carbons (Fsp3) is 0.833. The number of nitrogens with one attached hydrogen (secondary N) is 1. The van der Waals surface area contributed by atoms with Crippen LogP contribution in [-0.2, 0) is 9.47 Å². The van der Waals surface area contributed by atoms with Gasteiger partial charge < -0.3 is 14.4 Å². The number of hydrogen-bond donors (Lipinski definition) is 1. The van der Waals surface area contributed by atoms with Crippen molar-refractivity contribution in [2.24, 2.45) is 0 Å². The van der Waals surface area contributed by atoms with Crippen LogP contribution in [0.1, 0.15) is 37.6 Å². The fourth-order valence-electron chi connectivity index (χ4n) is 2.47. The lowest BCUT2D eigenvalue weighted by Crippen LogP contribution is -2.25. The minimum atomic E-state index is -0.0908. The van der Waals surface area contributed by atoms with Gasteiger partial charge in [-0.1, -0.05) is 12.8 Å². The van der Waals surface area contributed by atoms with Gasteiger partial charge in [0, 0.05) is 13.1 Å². The highest BCUT2D eigenvalue weighted by Crippen LogP contribution is 2.20. The first-order chi connectivity index (χ1) is 8.93. The Labute approximate surface area is 107 Å². The van der Waals surface area contributed by atoms with E-state index in [4.69, 9.17) is 9.47 Å². The molecule has 6 nitrogen and oxygen atoms in total. The first-order valence-electron chi connectivity index (χ1n) is 6.80. The maximum Gasteiger partial charge on any atom is 0.244 e. The van der Waals surface area contributed by atoms with Gasteiger partial charge in [-0.2, -0.15) is 4.98 Å². The average Bonchev–Trinajstić information content (AvgIpc) is 2.76. The molecule has 0 amide bonds. The maximum atomic E-state index is 5.61. The first kappa shape index (κ1) is 11.9. The summed E-state index contributed by atoms with van der Waals surface area (Å²) in [6, 6.07) is 0. The van der Waals surface area contributed by atoms with Crippen molar-refractivity contribution >= 4 is 5.95 Å². The van der Waals surface area contributed by atoms with Crippen LogP contribution in [0.2, 0.25) is 0 Å². The molecule has 0 aliphatic carbocycles. The molecule has 6 heteroatoms. The van der Waals surface area contributed by atoms with Gasteiger partial charge in [0.15, 0.2) is 5.82 Å². The summed E-state index contributed by atoms with van der Waals surface area (Å²) in [5.74, 6) is 1.59. The Bertz CT molecular complexity index is 368. The molecule has 2 fully saturated rings. The standard InChI is InChI=1S/C12H20N4O2/c1-2-4-6-16(5-3-1)12-13-11(14-15-12)10-9-17-7-8-18-10/h10H,1-9H2,(H,13,14,15). The highest BCUT2D eigenvalue weighted by Gasteiger charge is 2.22. The predicted molar refractivity (Wildman–Crippen MR) is 66.6 cm³/mol. The SMILES string of the molecule is C1CCCN(c2n[nH]c(C3COCCO3)n2)CC1. The second-order valence-electron chi connectivity index (χ2n) is 4.86. The molecule has 0 aromatic carbocycles. The number of aromatic amines is 1. The third kappa shape index (κ3) is 2.64. The third-order valence-corrected chi connectivity index (χ3v) is 3.50. The van der Waals surface area contributed by atoms with Crippen molar-refractivity contribution in [2.45, 2.75) is 31.8 Å². The van der Waals surface area contributed by atoms with Gasteiger partial charge in [0.25, 0.3) is 0 Å². The molecule has 2 aliphatic heterocycles. The highest BCUT2D eigenvalue weighted by molar-refractivity contribution is 5.29. The highest BCUT2D eigenvalue weighted by atomic mass is 16.6. The molecule has 0 radical (unpaired) electrons. The molecule has 0 bridgehead atoms. The topological polar surface area (TPSA) is 63.3 Å². The molecule has 0 spiro atoms. The number of anilines is 1. The molecule has 2 aliphatic rings. The maximum absolute atomic E-state index is 5.61. The van der Waals surface area contributed by atoms with Crippen LogP contribution >= 0.6 is 0 Å². The van der Waals surface area contributed by atoms with E-state index in [9.17, 15) is 0 Å². The lowest BCUT2D eigenvalue weighted by atomic mass is 10.2. The third-order valence-electron chi connectivity index (χ3n) is 3.50. The summed E-state index contributed by atoms with van der Waals surface area (Å²) in [4.78, 5) is 6.81. The summed E-state index contributed by atoms with van der Waals surface area (Å²) in [5, 5.41) is 7.30. The molecular weight excluding hydrogens is 232 g/mol. The lowest BCUT2D eigenvalue weighted by Gasteiger charge is -2.21. The van der Waals surface area contributed by atoms with Crippen LogP contribution in [0.5, 0.6) is 0 Å². The Balaban J connectivity index is 1.67. The van der Waals surface area contributed by atoms with E-state index in [0.717, 1.165) is 24.9 Å². The van der Waals surface area contributed by atoms with Crippen LogP contribution in [0.3, 0.4) is 0 Å². The first-order valence-corrected chi connectivity index (χ1v) is 6.80. The zero-order chi connectivity index (χ0) is 12.2. The molecular formula is C12H20N4O2. The second-order valence-corrected chi connectivity index (χ2v) is 4.86. The molecule has 2 saturated heterocycles. The molecule has 1 aromatic heterocycles. The minimum absolute atomic E-state index is 0.0908. The van der Waals surface area contributed by atoms with E-state index in [0.29, 0.717) is 19.8 Å². The Morgan fingerprint density at radius 1 is 1.11 bits per heavy atom. The Morgan fingerprint density at radius 2 is 1.94 bits per heavy atom. The average molecular weight is 252 g/mol. The summed E-state index contributed by atoms with van der Waals surface area (Å²) in [5.41, 5.74) is 0. The molecule has 1 aromatic rings. The zero-order valence-electron chi connectivity index (χ0n) is 10.6. The molecule has 1 atom stereocenters. The number of rotatable bonds is 2. The Hall–Kier alpha value is -1.14. The molecule has 0 saturated carbocycles. The van der Waals surface area contributed by atoms with Crippen molar-refractivity contribution in [1.82, 2.24) is 15.2 Å². The fourth-order valence-corrected chi connectivity index (χ4v) is 2.47. The van der Waals surface area contributed by atoms with E-state index in [1.54, 1.807) is 0 Å². The van der Waals surface area contributed by atoms with Crippen molar-refractivity contribution in [3.63, 3.8) is 0 Å². The zero-order valence-corrected chi connectivity index (χ0v) is 10.6. The van der Waals surface area contributed by atoms with Gasteiger partial charge in [0.2, 0.25) is 5.95 Å². The van der Waals surface area contributed by atoms with Crippen molar-refractivity contribution in [3.8, 4) is 0 Å². The van der Waals surface area contributed by atoms with E-state index in [2.05, 4.69) is 20.1 Å². The van der Waals surface area contributed by atoms with Gasteiger partial charge >= 0.3 is 0 Å². The molecule has 3 rings (SSSR count). The van der Waals surface area contributed by atoms with Crippen LogP contribution in [0.4, 0.5) is 5.95 Å². The smallest absolute Gasteiger partial charge is 0.244 e. The van der Waals surface area contributed by atoms with E-state index in [1.165, 1.54) is 25.7 Å². The second kappa shape index (κ2) is 5.67. The van der Waals surface area contributed by atoms with Gasteiger partial charge in [0.1, 0.15) is 6.10 Å². The van der Waals surface area contributed by atoms with Crippen LogP contribution in [0, 0.1) is 0 Å². The lowest BCUT2D eigenvalue weighted by molar-refractivity contribution is -0.0933. The summed E-state index contributed by atoms with van der Waals surface area (Å²) in [6.45, 7) is 3.97. The van der Waals surface area contributed by atoms with Crippen molar-refractivity contribution in [1.29, 1.82) is 0 Å². The number of ether oxygens (including phenoxy) is 2. The van der Waals surface area contributed by atoms with Gasteiger partial charge in [-0.3, -0.25) is 5.10 Å². The molecule has 1 unspecified atom stereocenters. The largest absolute Gasteiger partial charge is 0.376 e. The van der Waals surface area contributed by atoms with Crippen molar-refractivity contribution in [2.75, 3.05) is 37.8 Å². The minimum Gasteiger partial charge on any atom is -0.376 e. The van der Waals surface area contributed by atoms with Crippen LogP contribution < -0.4 is 4.90 Å². The summed E-state index contributed by atoms with van der Waals surface area (Å²) < 4.78 is 11.0. The van der Waals surface area contributed by atoms with E-state index in [-0.39, 0.29) is 6.10 Å². The number of hydrogen-bond acceptors (Lipinski definition) is 5. The van der Waals surface area contributed by atoms with Crippen molar-refractivity contribution < 1.29 is 9.47 Å². The normalized spacial score (nSPS) is 26.0. The Kier molecular flexibility index (Phi) is 3.75. The monoisotopic (exact) mass is 252 g/mol. The van der Waals surface area contributed by atoms with Gasteiger partial charge in [-0.25, -0.2) is 0 Å². The molecule has 1 N–H and O–H groups in total. The summed E-state index contributed by atoms with van der Waals surface area (Å²) in [6.07, 6.45) is 4.99. The van der Waals surface area contributed by atoms with Crippen LogP contribution in [0.15, 0.2) is 0 Å². The molecule has 18 heavy (non-hydrogen) atoms. The quantitative estimate of drug-likeness (QED) is 0.859. The van der Waals surface area contributed by atoms with E-state index >= 15 is 0 Å². The molecule has 100 valence electrons. The number of aromatic nitrogens is 3. The van der Waals surface area contributed by atoms with Crippen LogP contribution in [0.25, 0.3) is 0 Å². The predicted octanol–water partition coefficient (Wildman–Crippen LogP) is 1.27. The Morgan fingerprint density at radius 3 is 2.67 bits per heavy atom. The van der Waals surface area contributed by atoms with Gasteiger partial charge in [-0.15, -0.1) is 5.10 Å². The number of nitrogens with zero attached hydrogens (tertiary/aromatic N) is 3. The number of H-pyrrole nitrogens is 1. The molecule has 3 heterocycles. The van der Waals surface area contributed by atoms with Gasteiger partial charge in [0.05, 0.1) is 19.8 Å². The van der Waals surface area contributed by atoms with Crippen molar-refractivity contribution in [3.05, 3.63) is 5.82 Å². The van der Waals surface area contributed by atoms with Crippen LogP contribution in [-0.4, -0.2) is 48.1 Å².